The van der Waals surface area contributed by atoms with Crippen molar-refractivity contribution in [3.63, 3.8) is 0 Å². The fourth-order valence-electron chi connectivity index (χ4n) is 2.81. The molecule has 3 rings (SSSR count). The molecule has 1 aliphatic rings. The van der Waals surface area contributed by atoms with Crippen molar-refractivity contribution < 1.29 is 18.9 Å². The highest BCUT2D eigenvalue weighted by Crippen LogP contribution is 2.38. The van der Waals surface area contributed by atoms with E-state index in [0.717, 1.165) is 50.8 Å². The maximum absolute atomic E-state index is 6.27. The first-order valence-electron chi connectivity index (χ1n) is 9.59. The van der Waals surface area contributed by atoms with Gasteiger partial charge in [-0.05, 0) is 133 Å². The van der Waals surface area contributed by atoms with Crippen LogP contribution in [0.3, 0.4) is 0 Å². The van der Waals surface area contributed by atoms with E-state index < -0.39 is 0 Å². The fraction of sp³-hybridized carbons (Fsp3) is 0.429. The van der Waals surface area contributed by atoms with Crippen LogP contribution in [0.25, 0.3) is 0 Å². The second-order valence-corrected chi connectivity index (χ2v) is 12.2. The largest absolute Gasteiger partial charge is 0.491 e. The molecule has 1 saturated heterocycles. The standard InChI is InChI=1S/C21H20Cl2I4O4/c22-3-1-5-28-19-16(26)10-13(11-17(19)27)30-20-14(24)7-12(8-15(20)25)9-18-21(31-18)29-6-2-4-23/h7-8,10-11,18,21H,1-6,9H2. The molecule has 0 amide bonds. The lowest BCUT2D eigenvalue weighted by atomic mass is 10.1. The minimum absolute atomic E-state index is 0.108. The minimum Gasteiger partial charge on any atom is -0.491 e. The number of benzene rings is 2. The lowest BCUT2D eigenvalue weighted by Crippen LogP contribution is -2.05. The summed E-state index contributed by atoms with van der Waals surface area (Å²) in [5, 5.41) is 0. The van der Waals surface area contributed by atoms with Gasteiger partial charge in [-0.3, -0.25) is 0 Å². The molecule has 2 unspecified atom stereocenters. The van der Waals surface area contributed by atoms with Crippen molar-refractivity contribution in [2.75, 3.05) is 25.0 Å². The second-order valence-electron chi connectivity index (χ2n) is 6.76. The monoisotopic (exact) mass is 914 g/mol. The van der Waals surface area contributed by atoms with Crippen LogP contribution in [-0.2, 0) is 15.9 Å². The van der Waals surface area contributed by atoms with Gasteiger partial charge in [-0.15, -0.1) is 23.2 Å². The minimum atomic E-state index is -0.108. The summed E-state index contributed by atoms with van der Waals surface area (Å²) in [4.78, 5) is 0. The Morgan fingerprint density at radius 3 is 2.00 bits per heavy atom. The van der Waals surface area contributed by atoms with Crippen molar-refractivity contribution in [2.45, 2.75) is 31.7 Å². The second kappa shape index (κ2) is 13.5. The summed E-state index contributed by atoms with van der Waals surface area (Å²) >= 11 is 20.6. The zero-order valence-corrected chi connectivity index (χ0v) is 26.5. The van der Waals surface area contributed by atoms with E-state index in [0.29, 0.717) is 25.0 Å². The molecule has 1 aliphatic heterocycles. The maximum Gasteiger partial charge on any atom is 0.184 e. The average molecular weight is 915 g/mol. The van der Waals surface area contributed by atoms with Crippen molar-refractivity contribution >= 4 is 114 Å². The van der Waals surface area contributed by atoms with Crippen LogP contribution in [0.2, 0.25) is 0 Å². The first-order chi connectivity index (χ1) is 14.9. The summed E-state index contributed by atoms with van der Waals surface area (Å²) < 4.78 is 27.6. The number of rotatable bonds is 12. The molecule has 0 bridgehead atoms. The van der Waals surface area contributed by atoms with Gasteiger partial charge < -0.3 is 18.9 Å². The summed E-state index contributed by atoms with van der Waals surface area (Å²) in [5.41, 5.74) is 1.21. The summed E-state index contributed by atoms with van der Waals surface area (Å²) in [7, 11) is 0. The van der Waals surface area contributed by atoms with Crippen molar-refractivity contribution in [3.8, 4) is 17.2 Å². The van der Waals surface area contributed by atoms with Gasteiger partial charge in [0.25, 0.3) is 0 Å². The Labute approximate surface area is 247 Å². The number of epoxide rings is 1. The average Bonchev–Trinajstić information content (AvgIpc) is 3.44. The van der Waals surface area contributed by atoms with Crippen molar-refractivity contribution in [2.24, 2.45) is 0 Å². The SMILES string of the molecule is ClCCCOc1c(I)cc(Oc2c(I)cc(CC3OC3OCCCCl)cc2I)cc1I. The zero-order valence-electron chi connectivity index (χ0n) is 16.3. The van der Waals surface area contributed by atoms with Crippen molar-refractivity contribution in [1.82, 2.24) is 0 Å². The van der Waals surface area contributed by atoms with E-state index >= 15 is 0 Å². The summed E-state index contributed by atoms with van der Waals surface area (Å²) in [6.45, 7) is 1.25. The predicted molar refractivity (Wildman–Crippen MR) is 158 cm³/mol. The fourth-order valence-corrected chi connectivity index (χ4v) is 7.17. The van der Waals surface area contributed by atoms with Crippen molar-refractivity contribution in [1.29, 1.82) is 0 Å². The van der Waals surface area contributed by atoms with Gasteiger partial charge >= 0.3 is 0 Å². The Kier molecular flexibility index (Phi) is 11.8. The Bertz CT molecular complexity index is 854. The number of alkyl halides is 2. The molecule has 2 aromatic rings. The Balaban J connectivity index is 1.65. The van der Waals surface area contributed by atoms with E-state index in [1.165, 1.54) is 5.56 Å². The van der Waals surface area contributed by atoms with Gasteiger partial charge in [0.2, 0.25) is 0 Å². The van der Waals surface area contributed by atoms with Crippen molar-refractivity contribution in [3.05, 3.63) is 44.1 Å². The van der Waals surface area contributed by atoms with Gasteiger partial charge in [-0.25, -0.2) is 0 Å². The molecular weight excluding hydrogens is 895 g/mol. The van der Waals surface area contributed by atoms with Gasteiger partial charge in [0.1, 0.15) is 17.6 Å². The predicted octanol–water partition coefficient (Wildman–Crippen LogP) is 7.82. The van der Waals surface area contributed by atoms with Gasteiger partial charge in [0.15, 0.2) is 12.0 Å². The molecule has 0 aliphatic carbocycles. The molecule has 0 radical (unpaired) electrons. The van der Waals surface area contributed by atoms with E-state index in [9.17, 15) is 0 Å². The van der Waals surface area contributed by atoms with Crippen LogP contribution in [0.4, 0.5) is 0 Å². The zero-order chi connectivity index (χ0) is 22.4. The van der Waals surface area contributed by atoms with Crippen LogP contribution in [0.1, 0.15) is 18.4 Å². The first-order valence-corrected chi connectivity index (χ1v) is 15.0. The maximum atomic E-state index is 6.27. The third kappa shape index (κ3) is 8.27. The molecule has 0 aromatic heterocycles. The molecule has 1 heterocycles. The smallest absolute Gasteiger partial charge is 0.184 e. The Morgan fingerprint density at radius 2 is 1.39 bits per heavy atom. The highest BCUT2D eigenvalue weighted by Gasteiger charge is 2.39. The Hall–Kier alpha value is 1.46. The topological polar surface area (TPSA) is 40.2 Å². The van der Waals surface area contributed by atoms with E-state index in [1.807, 2.05) is 12.1 Å². The third-order valence-corrected chi connectivity index (χ3v) is 8.05. The van der Waals surface area contributed by atoms with Crippen LogP contribution >= 0.6 is 114 Å². The lowest BCUT2D eigenvalue weighted by molar-refractivity contribution is 0.0510. The molecule has 0 saturated carbocycles. The molecule has 2 aromatic carbocycles. The van der Waals surface area contributed by atoms with Gasteiger partial charge in [-0.1, -0.05) is 0 Å². The van der Waals surface area contributed by atoms with Gasteiger partial charge in [0.05, 0.1) is 27.5 Å². The van der Waals surface area contributed by atoms with Crippen LogP contribution < -0.4 is 9.47 Å². The van der Waals surface area contributed by atoms with Gasteiger partial charge in [-0.2, -0.15) is 0 Å². The molecule has 1 fully saturated rings. The number of ether oxygens (including phenoxy) is 4. The highest BCUT2D eigenvalue weighted by atomic mass is 127. The molecular formula is C21H20Cl2I4O4. The molecule has 31 heavy (non-hydrogen) atoms. The van der Waals surface area contributed by atoms with Crippen LogP contribution in [-0.4, -0.2) is 37.4 Å². The van der Waals surface area contributed by atoms with Gasteiger partial charge in [0, 0.05) is 18.2 Å². The number of hydrogen-bond acceptors (Lipinski definition) is 4. The molecule has 0 spiro atoms. The van der Waals surface area contributed by atoms with Crippen LogP contribution in [0.15, 0.2) is 24.3 Å². The molecule has 0 N–H and O–H groups in total. The normalized spacial score (nSPS) is 17.6. The van der Waals surface area contributed by atoms with E-state index in [1.54, 1.807) is 0 Å². The van der Waals surface area contributed by atoms with E-state index in [2.05, 4.69) is 102 Å². The highest BCUT2D eigenvalue weighted by molar-refractivity contribution is 14.1. The number of hydrogen-bond donors (Lipinski definition) is 0. The number of halogens is 6. The van der Waals surface area contributed by atoms with E-state index in [4.69, 9.17) is 42.1 Å². The summed E-state index contributed by atoms with van der Waals surface area (Å²) in [6, 6.07) is 8.30. The van der Waals surface area contributed by atoms with Crippen LogP contribution in [0.5, 0.6) is 17.2 Å². The molecule has 170 valence electrons. The molecule has 2 atom stereocenters. The quantitative estimate of drug-likeness (QED) is 0.0944. The first kappa shape index (κ1) is 27.1. The lowest BCUT2D eigenvalue weighted by Gasteiger charge is -2.15. The molecule has 10 heteroatoms. The molecule has 4 nitrogen and oxygen atoms in total. The van der Waals surface area contributed by atoms with Crippen LogP contribution in [0, 0.1) is 14.3 Å². The third-order valence-electron chi connectivity index (χ3n) is 4.31. The van der Waals surface area contributed by atoms with E-state index in [-0.39, 0.29) is 12.4 Å². The summed E-state index contributed by atoms with van der Waals surface area (Å²) in [5.74, 6) is 3.73. The summed E-state index contributed by atoms with van der Waals surface area (Å²) in [6.07, 6.45) is 2.49. The Morgan fingerprint density at radius 1 is 0.806 bits per heavy atom.